The molecule has 0 radical (unpaired) electrons. The van der Waals surface area contributed by atoms with E-state index >= 15 is 4.79 Å². The summed E-state index contributed by atoms with van der Waals surface area (Å²) in [4.78, 5) is 36.6. The number of hydrogen-bond donors (Lipinski definition) is 3. The number of rotatable bonds is 31. The van der Waals surface area contributed by atoms with Gasteiger partial charge in [0.1, 0.15) is 35.6 Å². The summed E-state index contributed by atoms with van der Waals surface area (Å²) in [7, 11) is 3.06. The van der Waals surface area contributed by atoms with E-state index in [-0.39, 0.29) is 69.7 Å². The van der Waals surface area contributed by atoms with Gasteiger partial charge in [-0.1, -0.05) is 101 Å². The van der Waals surface area contributed by atoms with Crippen LogP contribution in [0.5, 0.6) is 34.5 Å². The third kappa shape index (κ3) is 14.3. The van der Waals surface area contributed by atoms with Crippen molar-refractivity contribution in [1.82, 2.24) is 4.90 Å². The van der Waals surface area contributed by atoms with Crippen LogP contribution in [-0.4, -0.2) is 98.9 Å². The Kier molecular flexibility index (Phi) is 21.8. The molecule has 1 fully saturated rings. The van der Waals surface area contributed by atoms with Crippen molar-refractivity contribution in [3.05, 3.63) is 90.0 Å². The van der Waals surface area contributed by atoms with Crippen LogP contribution < -0.4 is 33.7 Å². The molecule has 3 aromatic carbocycles. The molecule has 6 atom stereocenters. The number of amides is 2. The zero-order valence-electron chi connectivity index (χ0n) is 44.7. The molecule has 16 nitrogen and oxygen atoms in total. The third-order valence-electron chi connectivity index (χ3n) is 14.9. The molecule has 2 aliphatic carbocycles. The standard InChI is InChI=1S/C59H81N3O13/c1-6-9-10-11-12-13-14-15-16-21-33-69-58(66)62(39-41-24-28-51-53(34-41)71-40-70-51)54-38-49(61-73-8-3)46-35-42(22-17-19-30-63)45(23-18-20-31-64)55-47-36-44(26-29-50(47)75-59(54,56(46)55)72-32-7-2)74-57(65)60-48-27-25-43(67-4)37-52(48)68-5/h7,24-29,34-37,42,45,54-56,63-64H,2,6,8-23,30-33,38-40H2,1,3-5H3,(H,60,65)/t42-,45+,54-,55+,56+,59+/m0/s1. The molecule has 0 unspecified atom stereocenters. The Balaban J connectivity index is 1.31. The second-order valence-corrected chi connectivity index (χ2v) is 19.9. The van der Waals surface area contributed by atoms with E-state index in [2.05, 4.69) is 24.9 Å². The van der Waals surface area contributed by atoms with E-state index in [0.717, 1.165) is 68.1 Å². The molecule has 2 aliphatic heterocycles. The number of methoxy groups -OCH3 is 2. The number of anilines is 1. The lowest BCUT2D eigenvalue weighted by Gasteiger charge is -2.59. The third-order valence-corrected chi connectivity index (χ3v) is 14.9. The van der Waals surface area contributed by atoms with Gasteiger partial charge in [-0.05, 0) is 104 Å². The number of benzene rings is 3. The summed E-state index contributed by atoms with van der Waals surface area (Å²) >= 11 is 0. The molecular formula is C59H81N3O13. The van der Waals surface area contributed by atoms with Crippen LogP contribution in [0.3, 0.4) is 0 Å². The number of carbonyl (C=O) groups is 2. The van der Waals surface area contributed by atoms with Crippen LogP contribution in [-0.2, 0) is 20.9 Å². The number of nitrogens with zero attached hydrogens (tertiary/aromatic N) is 2. The lowest BCUT2D eigenvalue weighted by Crippen LogP contribution is -2.70. The average molecular weight is 1040 g/mol. The highest BCUT2D eigenvalue weighted by Gasteiger charge is 2.66. The lowest BCUT2D eigenvalue weighted by molar-refractivity contribution is -0.256. The van der Waals surface area contributed by atoms with Gasteiger partial charge in [0.25, 0.3) is 0 Å². The minimum absolute atomic E-state index is 0.0101. The van der Waals surface area contributed by atoms with Gasteiger partial charge in [-0.15, -0.1) is 6.58 Å². The second kappa shape index (κ2) is 28.8. The highest BCUT2D eigenvalue weighted by Crippen LogP contribution is 2.62. The van der Waals surface area contributed by atoms with Crippen LogP contribution in [0.25, 0.3) is 0 Å². The van der Waals surface area contributed by atoms with Crippen molar-refractivity contribution in [2.24, 2.45) is 22.9 Å². The topological polar surface area (TPSA) is 185 Å². The molecule has 410 valence electrons. The fourth-order valence-electron chi connectivity index (χ4n) is 11.4. The van der Waals surface area contributed by atoms with E-state index in [4.69, 9.17) is 47.9 Å². The van der Waals surface area contributed by atoms with Gasteiger partial charge in [0.15, 0.2) is 11.5 Å². The first-order chi connectivity index (χ1) is 36.7. The normalized spacial score (nSPS) is 21.5. The van der Waals surface area contributed by atoms with E-state index in [1.165, 1.54) is 45.6 Å². The molecule has 3 N–H and O–H groups in total. The smallest absolute Gasteiger partial charge is 0.417 e. The Morgan fingerprint density at radius 2 is 1.55 bits per heavy atom. The molecule has 2 heterocycles. The highest BCUT2D eigenvalue weighted by atomic mass is 16.7. The van der Waals surface area contributed by atoms with Crippen molar-refractivity contribution in [3.8, 4) is 34.5 Å². The number of ether oxygens (including phenoxy) is 8. The van der Waals surface area contributed by atoms with Crippen molar-refractivity contribution < 1.29 is 62.5 Å². The molecule has 0 spiro atoms. The number of aliphatic hydroxyl groups excluding tert-OH is 2. The fourth-order valence-corrected chi connectivity index (χ4v) is 11.4. The van der Waals surface area contributed by atoms with E-state index in [1.54, 1.807) is 48.4 Å². The molecule has 75 heavy (non-hydrogen) atoms. The number of nitrogens with one attached hydrogen (secondary N) is 1. The van der Waals surface area contributed by atoms with Gasteiger partial charge in [-0.3, -0.25) is 10.2 Å². The number of unbranched alkanes of at least 4 members (excludes halogenated alkanes) is 11. The first kappa shape index (κ1) is 56.8. The summed E-state index contributed by atoms with van der Waals surface area (Å²) in [6, 6.07) is 15.2. The fraction of sp³-hybridized carbons (Fsp3) is 0.576. The number of hydrogen-bond acceptors (Lipinski definition) is 14. The van der Waals surface area contributed by atoms with Gasteiger partial charge in [-0.2, -0.15) is 0 Å². The second-order valence-electron chi connectivity index (χ2n) is 19.9. The van der Waals surface area contributed by atoms with Crippen LogP contribution in [0.4, 0.5) is 15.3 Å². The van der Waals surface area contributed by atoms with E-state index in [1.807, 2.05) is 31.2 Å². The average Bonchev–Trinajstić information content (AvgIpc) is 3.93. The summed E-state index contributed by atoms with van der Waals surface area (Å²) in [6.45, 7) is 9.14. The Hall–Kier alpha value is -5.97. The molecular weight excluding hydrogens is 959 g/mol. The maximum Gasteiger partial charge on any atom is 0.417 e. The molecule has 4 aliphatic rings. The summed E-state index contributed by atoms with van der Waals surface area (Å²) in [5, 5.41) is 27.8. The quantitative estimate of drug-likeness (QED) is 0.0314. The SMILES string of the molecule is C=CCO[C@@]12Oc3ccc(OC(=O)Nc4ccc(OC)cc4OC)cc3[C@H]3[C@H](CCCCO)[C@@H](CCCCO)C=C(C(=NOCC)C[C@@H]1N(Cc1ccc4c(c1)OCO4)C(=O)OCCCCCCCCCCCC)[C@H]32. The molecule has 0 aromatic heterocycles. The molecule has 3 aromatic rings. The first-order valence-corrected chi connectivity index (χ1v) is 27.4. The molecule has 7 rings (SSSR count). The van der Waals surface area contributed by atoms with Crippen molar-refractivity contribution in [1.29, 1.82) is 0 Å². The summed E-state index contributed by atoms with van der Waals surface area (Å²) in [6.07, 6.45) is 18.6. The van der Waals surface area contributed by atoms with Crippen LogP contribution in [0.1, 0.15) is 140 Å². The number of aliphatic hydroxyl groups is 2. The molecule has 0 bridgehead atoms. The van der Waals surface area contributed by atoms with Gasteiger partial charge < -0.3 is 52.9 Å². The minimum Gasteiger partial charge on any atom is -0.497 e. The Morgan fingerprint density at radius 1 is 0.827 bits per heavy atom. The van der Waals surface area contributed by atoms with E-state index in [9.17, 15) is 15.0 Å². The number of oxime groups is 1. The Bertz CT molecular complexity index is 2390. The molecule has 1 saturated carbocycles. The maximum absolute atomic E-state index is 15.2. The van der Waals surface area contributed by atoms with Gasteiger partial charge in [-0.25, -0.2) is 9.59 Å². The molecule has 0 saturated heterocycles. The summed E-state index contributed by atoms with van der Waals surface area (Å²) in [5.41, 5.74) is 3.50. The van der Waals surface area contributed by atoms with E-state index < -0.39 is 29.9 Å². The molecule has 2 amide bonds. The summed E-state index contributed by atoms with van der Waals surface area (Å²) < 4.78 is 49.4. The van der Waals surface area contributed by atoms with Crippen molar-refractivity contribution in [2.45, 2.75) is 147 Å². The predicted molar refractivity (Wildman–Crippen MR) is 287 cm³/mol. The zero-order chi connectivity index (χ0) is 53.0. The monoisotopic (exact) mass is 1040 g/mol. The maximum atomic E-state index is 15.2. The highest BCUT2D eigenvalue weighted by molar-refractivity contribution is 6.03. The summed E-state index contributed by atoms with van der Waals surface area (Å²) in [5.74, 6) is 0.354. The van der Waals surface area contributed by atoms with Crippen molar-refractivity contribution in [2.75, 3.05) is 59.4 Å². The van der Waals surface area contributed by atoms with Gasteiger partial charge in [0.05, 0.1) is 44.8 Å². The number of allylic oxidation sites excluding steroid dienone is 1. The van der Waals surface area contributed by atoms with Crippen LogP contribution in [0.15, 0.2) is 84.1 Å². The van der Waals surface area contributed by atoms with Gasteiger partial charge >= 0.3 is 12.2 Å². The van der Waals surface area contributed by atoms with Crippen molar-refractivity contribution >= 4 is 23.6 Å². The van der Waals surface area contributed by atoms with Crippen LogP contribution in [0.2, 0.25) is 0 Å². The lowest BCUT2D eigenvalue weighted by atomic mass is 9.55. The van der Waals surface area contributed by atoms with Crippen molar-refractivity contribution in [3.63, 3.8) is 0 Å². The first-order valence-electron chi connectivity index (χ1n) is 27.4. The largest absolute Gasteiger partial charge is 0.497 e. The van der Waals surface area contributed by atoms with E-state index in [0.29, 0.717) is 59.6 Å². The van der Waals surface area contributed by atoms with Gasteiger partial charge in [0.2, 0.25) is 12.6 Å². The van der Waals surface area contributed by atoms with Crippen LogP contribution >= 0.6 is 0 Å². The number of fused-ring (bicyclic) bond motifs is 3. The Morgan fingerprint density at radius 3 is 2.27 bits per heavy atom. The zero-order valence-corrected chi connectivity index (χ0v) is 44.7. The van der Waals surface area contributed by atoms with Crippen LogP contribution in [0, 0.1) is 17.8 Å². The minimum atomic E-state index is -1.55. The predicted octanol–water partition coefficient (Wildman–Crippen LogP) is 12.3. The molecule has 16 heteroatoms. The Labute approximate surface area is 443 Å². The van der Waals surface area contributed by atoms with Gasteiger partial charge in [0, 0.05) is 43.7 Å². The number of carbonyl (C=O) groups excluding carboxylic acids is 2.